The van der Waals surface area contributed by atoms with Crippen LogP contribution in [0.2, 0.25) is 0 Å². The van der Waals surface area contributed by atoms with Crippen LogP contribution in [0.15, 0.2) is 36.5 Å². The molecule has 158 valence electrons. The fraction of sp³-hybridized carbons (Fsp3) is 0.294. The smallest absolute Gasteiger partial charge is 0.354 e. The molecule has 11 nitrogen and oxygen atoms in total. The van der Waals surface area contributed by atoms with Gasteiger partial charge in [-0.05, 0) is 29.5 Å². The number of benzene rings is 1. The number of nitrogens with zero attached hydrogens (tertiary/aromatic N) is 6. The van der Waals surface area contributed by atoms with Crippen molar-refractivity contribution in [2.24, 2.45) is 7.05 Å². The molecule has 0 radical (unpaired) electrons. The largest absolute Gasteiger partial charge is 0.469 e. The Morgan fingerprint density at radius 3 is 2.80 bits per heavy atom. The van der Waals surface area contributed by atoms with Crippen LogP contribution in [-0.2, 0) is 20.9 Å². The molecule has 2 aromatic heterocycles. The van der Waals surface area contributed by atoms with Crippen LogP contribution < -0.4 is 4.90 Å². The Morgan fingerprint density at radius 2 is 2.17 bits per heavy atom. The van der Waals surface area contributed by atoms with Gasteiger partial charge in [-0.3, -0.25) is 9.51 Å². The van der Waals surface area contributed by atoms with E-state index in [2.05, 4.69) is 24.9 Å². The standard InChI is InChI=1S/C17H18FN6O5P/c1-23-21-17(20-22-23)16-5-2-11(7-19-16)14-4-3-12(6-15(14)18)24-8-13(28-10-24)9-29-30(25,26)27/h2-7,13H,8-10H2,1H3,(H2,25,26,27). The summed E-state index contributed by atoms with van der Waals surface area (Å²) >= 11 is 0. The topological polar surface area (TPSA) is 136 Å². The number of rotatable bonds is 6. The predicted octanol–water partition coefficient (Wildman–Crippen LogP) is 1.35. The molecule has 0 bridgehead atoms. The first-order valence-corrected chi connectivity index (χ1v) is 10.4. The van der Waals surface area contributed by atoms with Gasteiger partial charge in [-0.1, -0.05) is 6.07 Å². The molecule has 4 rings (SSSR count). The predicted molar refractivity (Wildman–Crippen MR) is 103 cm³/mol. The van der Waals surface area contributed by atoms with E-state index in [1.54, 1.807) is 36.2 Å². The van der Waals surface area contributed by atoms with Crippen LogP contribution in [0.1, 0.15) is 0 Å². The number of aromatic nitrogens is 5. The fourth-order valence-electron chi connectivity index (χ4n) is 3.01. The number of aryl methyl sites for hydroxylation is 1. The Bertz CT molecular complexity index is 1090. The Kier molecular flexibility index (Phi) is 5.58. The first-order chi connectivity index (χ1) is 14.3. The van der Waals surface area contributed by atoms with E-state index in [-0.39, 0.29) is 13.3 Å². The summed E-state index contributed by atoms with van der Waals surface area (Å²) in [6.07, 6.45) is 1.02. The average molecular weight is 436 g/mol. The highest BCUT2D eigenvalue weighted by Gasteiger charge is 2.27. The molecule has 1 saturated heterocycles. The quantitative estimate of drug-likeness (QED) is 0.545. The molecular weight excluding hydrogens is 418 g/mol. The number of tetrazole rings is 1. The summed E-state index contributed by atoms with van der Waals surface area (Å²) < 4.78 is 35.4. The van der Waals surface area contributed by atoms with Gasteiger partial charge < -0.3 is 19.4 Å². The van der Waals surface area contributed by atoms with Crippen LogP contribution >= 0.6 is 7.82 Å². The molecule has 1 aliphatic rings. The summed E-state index contributed by atoms with van der Waals surface area (Å²) in [6.45, 7) is 0.232. The Morgan fingerprint density at radius 1 is 1.33 bits per heavy atom. The van der Waals surface area contributed by atoms with Crippen molar-refractivity contribution in [3.8, 4) is 22.6 Å². The van der Waals surface area contributed by atoms with E-state index < -0.39 is 19.7 Å². The highest BCUT2D eigenvalue weighted by Crippen LogP contribution is 2.36. The number of hydrogen-bond donors (Lipinski definition) is 2. The van der Waals surface area contributed by atoms with Crippen LogP contribution in [-0.4, -0.2) is 61.0 Å². The molecule has 0 saturated carbocycles. The van der Waals surface area contributed by atoms with Crippen molar-refractivity contribution < 1.29 is 28.0 Å². The summed E-state index contributed by atoms with van der Waals surface area (Å²) in [5.41, 5.74) is 2.09. The van der Waals surface area contributed by atoms with Crippen LogP contribution in [0.25, 0.3) is 22.6 Å². The number of phosphoric ester groups is 1. The number of halogens is 1. The molecule has 0 amide bonds. The number of ether oxygens (including phenoxy) is 1. The van der Waals surface area contributed by atoms with Gasteiger partial charge >= 0.3 is 7.82 Å². The lowest BCUT2D eigenvalue weighted by atomic mass is 10.1. The number of phosphoric acid groups is 1. The minimum absolute atomic E-state index is 0.162. The first-order valence-electron chi connectivity index (χ1n) is 8.85. The number of pyridine rings is 1. The van der Waals surface area contributed by atoms with E-state index in [1.807, 2.05) is 0 Å². The summed E-state index contributed by atoms with van der Waals surface area (Å²) in [6, 6.07) is 8.18. The van der Waals surface area contributed by atoms with E-state index in [4.69, 9.17) is 14.5 Å². The van der Waals surface area contributed by atoms with Crippen LogP contribution in [0, 0.1) is 5.82 Å². The highest BCUT2D eigenvalue weighted by atomic mass is 31.2. The van der Waals surface area contributed by atoms with Gasteiger partial charge in [0.1, 0.15) is 24.3 Å². The number of anilines is 1. The second-order valence-electron chi connectivity index (χ2n) is 6.63. The third kappa shape index (κ3) is 4.69. The van der Waals surface area contributed by atoms with Crippen molar-refractivity contribution in [3.63, 3.8) is 0 Å². The maximum Gasteiger partial charge on any atom is 0.469 e. The van der Waals surface area contributed by atoms with E-state index >= 15 is 0 Å². The van der Waals surface area contributed by atoms with Gasteiger partial charge in [0.25, 0.3) is 0 Å². The zero-order chi connectivity index (χ0) is 21.3. The average Bonchev–Trinajstić information content (AvgIpc) is 3.35. The Labute approximate surface area is 170 Å². The van der Waals surface area contributed by atoms with Gasteiger partial charge in [0.05, 0.1) is 13.7 Å². The molecule has 1 atom stereocenters. The lowest BCUT2D eigenvalue weighted by Gasteiger charge is -2.17. The lowest BCUT2D eigenvalue weighted by Crippen LogP contribution is -2.24. The third-order valence-corrected chi connectivity index (χ3v) is 4.93. The zero-order valence-corrected chi connectivity index (χ0v) is 16.7. The van der Waals surface area contributed by atoms with Gasteiger partial charge in [0.15, 0.2) is 0 Å². The minimum atomic E-state index is -4.56. The van der Waals surface area contributed by atoms with Crippen molar-refractivity contribution in [3.05, 3.63) is 42.3 Å². The maximum atomic E-state index is 14.8. The summed E-state index contributed by atoms with van der Waals surface area (Å²) in [4.78, 5) is 24.9. The summed E-state index contributed by atoms with van der Waals surface area (Å²) in [5, 5.41) is 11.7. The number of hydrogen-bond acceptors (Lipinski definition) is 8. The second kappa shape index (κ2) is 8.17. The van der Waals surface area contributed by atoms with Gasteiger partial charge in [-0.25, -0.2) is 8.96 Å². The second-order valence-corrected chi connectivity index (χ2v) is 7.86. The molecule has 1 aromatic carbocycles. The molecule has 1 unspecified atom stereocenters. The van der Waals surface area contributed by atoms with Crippen molar-refractivity contribution in [1.29, 1.82) is 0 Å². The molecule has 13 heteroatoms. The monoisotopic (exact) mass is 436 g/mol. The van der Waals surface area contributed by atoms with Crippen molar-refractivity contribution in [2.75, 3.05) is 24.8 Å². The van der Waals surface area contributed by atoms with Crippen molar-refractivity contribution in [2.45, 2.75) is 6.10 Å². The van der Waals surface area contributed by atoms with E-state index in [1.165, 1.54) is 17.1 Å². The first kappa shape index (κ1) is 20.5. The Hall–Kier alpha value is -2.76. The molecule has 0 spiro atoms. The van der Waals surface area contributed by atoms with Gasteiger partial charge in [0.2, 0.25) is 5.82 Å². The molecule has 30 heavy (non-hydrogen) atoms. The highest BCUT2D eigenvalue weighted by molar-refractivity contribution is 7.46. The van der Waals surface area contributed by atoms with Gasteiger partial charge in [0, 0.05) is 29.6 Å². The van der Waals surface area contributed by atoms with E-state index in [9.17, 15) is 8.96 Å². The molecule has 0 aliphatic carbocycles. The lowest BCUT2D eigenvalue weighted by molar-refractivity contribution is 0.0597. The van der Waals surface area contributed by atoms with Crippen LogP contribution in [0.4, 0.5) is 10.1 Å². The summed E-state index contributed by atoms with van der Waals surface area (Å²) in [5.74, 6) is -0.0548. The SMILES string of the molecule is Cn1nnc(-c2ccc(-c3ccc(N4COC(COP(=O)(O)O)C4)cc3F)cn2)n1. The van der Waals surface area contributed by atoms with Crippen LogP contribution in [0.3, 0.4) is 0 Å². The molecule has 1 aliphatic heterocycles. The maximum absolute atomic E-state index is 14.8. The van der Waals surface area contributed by atoms with Crippen LogP contribution in [0.5, 0.6) is 0 Å². The van der Waals surface area contributed by atoms with E-state index in [0.29, 0.717) is 34.9 Å². The van der Waals surface area contributed by atoms with Crippen molar-refractivity contribution in [1.82, 2.24) is 25.2 Å². The molecule has 2 N–H and O–H groups in total. The van der Waals surface area contributed by atoms with Gasteiger partial charge in [-0.2, -0.15) is 4.80 Å². The Balaban J connectivity index is 1.45. The molecule has 3 aromatic rings. The fourth-order valence-corrected chi connectivity index (χ4v) is 3.37. The molecular formula is C17H18FN6O5P. The van der Waals surface area contributed by atoms with Gasteiger partial charge in [-0.15, -0.1) is 10.2 Å². The molecule has 3 heterocycles. The van der Waals surface area contributed by atoms with E-state index in [0.717, 1.165) is 0 Å². The normalized spacial score (nSPS) is 16.9. The summed E-state index contributed by atoms with van der Waals surface area (Å²) in [7, 11) is -2.90. The minimum Gasteiger partial charge on any atom is -0.354 e. The molecule has 1 fully saturated rings. The third-order valence-electron chi connectivity index (χ3n) is 4.45. The van der Waals surface area contributed by atoms with Crippen molar-refractivity contribution >= 4 is 13.5 Å². The zero-order valence-electron chi connectivity index (χ0n) is 15.8.